The number of carbonyl (C=O) groups excluding carboxylic acids is 1. The predicted octanol–water partition coefficient (Wildman–Crippen LogP) is 3.25. The zero-order valence-electron chi connectivity index (χ0n) is 12.6. The molecule has 1 aliphatic carbocycles. The van der Waals surface area contributed by atoms with Crippen LogP contribution >= 0.6 is 0 Å². The van der Waals surface area contributed by atoms with Gasteiger partial charge in [-0.25, -0.2) is 0 Å². The zero-order chi connectivity index (χ0) is 14.4. The van der Waals surface area contributed by atoms with Gasteiger partial charge in [0, 0.05) is 6.54 Å². The van der Waals surface area contributed by atoms with Gasteiger partial charge in [0.2, 0.25) is 0 Å². The van der Waals surface area contributed by atoms with Crippen molar-refractivity contribution in [3.8, 4) is 5.75 Å². The smallest absolute Gasteiger partial charge is 0.260 e. The van der Waals surface area contributed by atoms with Crippen molar-refractivity contribution < 1.29 is 9.53 Å². The van der Waals surface area contributed by atoms with E-state index in [9.17, 15) is 4.79 Å². The van der Waals surface area contributed by atoms with Crippen molar-refractivity contribution in [1.82, 2.24) is 5.32 Å². The third-order valence-corrected chi connectivity index (χ3v) is 3.86. The second-order valence-electron chi connectivity index (χ2n) is 5.51. The maximum absolute atomic E-state index is 12.0. The number of benzene rings is 1. The Morgan fingerprint density at radius 3 is 2.95 bits per heavy atom. The summed E-state index contributed by atoms with van der Waals surface area (Å²) in [6, 6.07) is 6.19. The van der Waals surface area contributed by atoms with Gasteiger partial charge in [0.1, 0.15) is 5.75 Å². The van der Waals surface area contributed by atoms with Crippen molar-refractivity contribution in [3.63, 3.8) is 0 Å². The minimum Gasteiger partial charge on any atom is -0.481 e. The monoisotopic (exact) mass is 275 g/mol. The van der Waals surface area contributed by atoms with Gasteiger partial charge in [-0.15, -0.1) is 0 Å². The lowest BCUT2D eigenvalue weighted by atomic mass is 9.91. The van der Waals surface area contributed by atoms with E-state index in [4.69, 9.17) is 4.74 Å². The molecule has 1 aliphatic rings. The molecule has 0 saturated heterocycles. The van der Waals surface area contributed by atoms with Crippen LogP contribution in [0.5, 0.6) is 5.75 Å². The molecule has 1 atom stereocenters. The Morgan fingerprint density at radius 2 is 2.15 bits per heavy atom. The molecule has 20 heavy (non-hydrogen) atoms. The van der Waals surface area contributed by atoms with Crippen molar-refractivity contribution in [2.45, 2.75) is 58.5 Å². The molecule has 1 N–H and O–H groups in total. The van der Waals surface area contributed by atoms with Gasteiger partial charge in [0.25, 0.3) is 5.91 Å². The second-order valence-corrected chi connectivity index (χ2v) is 5.51. The number of unbranched alkanes of at least 4 members (excludes halogenated alkanes) is 1. The van der Waals surface area contributed by atoms with Gasteiger partial charge in [-0.3, -0.25) is 4.79 Å². The first-order valence-corrected chi connectivity index (χ1v) is 7.77. The quantitative estimate of drug-likeness (QED) is 0.809. The van der Waals surface area contributed by atoms with Crippen LogP contribution in [-0.2, 0) is 17.6 Å². The molecule has 1 aromatic carbocycles. The van der Waals surface area contributed by atoms with E-state index in [2.05, 4.69) is 18.3 Å². The Labute approximate surface area is 121 Å². The molecule has 1 aromatic rings. The van der Waals surface area contributed by atoms with Gasteiger partial charge in [-0.05, 0) is 56.2 Å². The van der Waals surface area contributed by atoms with Crippen molar-refractivity contribution in [2.75, 3.05) is 6.54 Å². The van der Waals surface area contributed by atoms with Crippen molar-refractivity contribution >= 4 is 5.91 Å². The summed E-state index contributed by atoms with van der Waals surface area (Å²) in [5, 5.41) is 2.92. The van der Waals surface area contributed by atoms with Gasteiger partial charge in [-0.2, -0.15) is 0 Å². The molecule has 0 aromatic heterocycles. The first kappa shape index (κ1) is 14.9. The van der Waals surface area contributed by atoms with Crippen LogP contribution in [-0.4, -0.2) is 18.6 Å². The molecule has 3 heteroatoms. The van der Waals surface area contributed by atoms with E-state index >= 15 is 0 Å². The Bertz CT molecular complexity index is 456. The summed E-state index contributed by atoms with van der Waals surface area (Å²) in [4.78, 5) is 12.0. The van der Waals surface area contributed by atoms with Crippen LogP contribution < -0.4 is 10.1 Å². The molecule has 0 unspecified atom stereocenters. The Hall–Kier alpha value is -1.51. The number of fused-ring (bicyclic) bond motifs is 1. The lowest BCUT2D eigenvalue weighted by Gasteiger charge is -2.22. The van der Waals surface area contributed by atoms with E-state index in [0.29, 0.717) is 0 Å². The third-order valence-electron chi connectivity index (χ3n) is 3.86. The second kappa shape index (κ2) is 7.32. The van der Waals surface area contributed by atoms with Crippen LogP contribution in [0.15, 0.2) is 18.2 Å². The van der Waals surface area contributed by atoms with Crippen LogP contribution in [0.4, 0.5) is 0 Å². The van der Waals surface area contributed by atoms with Crippen molar-refractivity contribution in [3.05, 3.63) is 29.3 Å². The van der Waals surface area contributed by atoms with Gasteiger partial charge >= 0.3 is 0 Å². The summed E-state index contributed by atoms with van der Waals surface area (Å²) in [6.07, 6.45) is 6.33. The fourth-order valence-electron chi connectivity index (χ4n) is 2.63. The first-order chi connectivity index (χ1) is 9.72. The highest BCUT2D eigenvalue weighted by molar-refractivity contribution is 5.80. The molecule has 0 fully saturated rings. The molecule has 2 rings (SSSR count). The topological polar surface area (TPSA) is 38.3 Å². The summed E-state index contributed by atoms with van der Waals surface area (Å²) in [5.41, 5.74) is 2.68. The molecular formula is C17H25NO2. The average molecular weight is 275 g/mol. The molecule has 0 heterocycles. The SMILES string of the molecule is CCCCNC(=O)[C@@H](C)Oc1cccc2c1CCCC2. The van der Waals surface area contributed by atoms with Gasteiger partial charge in [0.05, 0.1) is 0 Å². The maximum atomic E-state index is 12.0. The first-order valence-electron chi connectivity index (χ1n) is 7.77. The normalized spacial score (nSPS) is 15.3. The fraction of sp³-hybridized carbons (Fsp3) is 0.588. The summed E-state index contributed by atoms with van der Waals surface area (Å²) < 4.78 is 5.89. The number of nitrogens with one attached hydrogen (secondary N) is 1. The van der Waals surface area contributed by atoms with Crippen molar-refractivity contribution in [2.24, 2.45) is 0 Å². The molecular weight excluding hydrogens is 250 g/mol. The zero-order valence-corrected chi connectivity index (χ0v) is 12.6. The number of hydrogen-bond donors (Lipinski definition) is 1. The van der Waals surface area contributed by atoms with E-state index < -0.39 is 6.10 Å². The molecule has 0 bridgehead atoms. The van der Waals surface area contributed by atoms with Crippen LogP contribution in [0.3, 0.4) is 0 Å². The molecule has 0 saturated carbocycles. The van der Waals surface area contributed by atoms with Gasteiger partial charge in [-0.1, -0.05) is 25.5 Å². The van der Waals surface area contributed by atoms with Crippen LogP contribution in [0, 0.1) is 0 Å². The number of aryl methyl sites for hydroxylation is 1. The highest BCUT2D eigenvalue weighted by Gasteiger charge is 2.18. The third kappa shape index (κ3) is 3.75. The predicted molar refractivity (Wildman–Crippen MR) is 81.1 cm³/mol. The van der Waals surface area contributed by atoms with E-state index in [1.807, 2.05) is 19.1 Å². The highest BCUT2D eigenvalue weighted by Crippen LogP contribution is 2.30. The van der Waals surface area contributed by atoms with E-state index in [1.165, 1.54) is 24.0 Å². The minimum absolute atomic E-state index is 0.0214. The number of ether oxygens (including phenoxy) is 1. The summed E-state index contributed by atoms with van der Waals surface area (Å²) in [7, 11) is 0. The van der Waals surface area contributed by atoms with E-state index in [0.717, 1.165) is 38.0 Å². The van der Waals surface area contributed by atoms with E-state index in [1.54, 1.807) is 0 Å². The van der Waals surface area contributed by atoms with Crippen LogP contribution in [0.2, 0.25) is 0 Å². The molecule has 110 valence electrons. The molecule has 3 nitrogen and oxygen atoms in total. The molecule has 0 aliphatic heterocycles. The molecule has 1 amide bonds. The van der Waals surface area contributed by atoms with E-state index in [-0.39, 0.29) is 5.91 Å². The Balaban J connectivity index is 1.97. The van der Waals surface area contributed by atoms with Crippen LogP contribution in [0.1, 0.15) is 50.7 Å². The minimum atomic E-state index is -0.430. The lowest BCUT2D eigenvalue weighted by molar-refractivity contribution is -0.127. The molecule has 0 radical (unpaired) electrons. The number of carbonyl (C=O) groups is 1. The fourth-order valence-corrected chi connectivity index (χ4v) is 2.63. The Morgan fingerprint density at radius 1 is 1.35 bits per heavy atom. The Kier molecular flexibility index (Phi) is 5.45. The maximum Gasteiger partial charge on any atom is 0.260 e. The van der Waals surface area contributed by atoms with Crippen LogP contribution in [0.25, 0.3) is 0 Å². The number of rotatable bonds is 6. The average Bonchev–Trinajstić information content (AvgIpc) is 2.47. The summed E-state index contributed by atoms with van der Waals surface area (Å²) in [6.45, 7) is 4.67. The standard InChI is InChI=1S/C17H25NO2/c1-3-4-12-18-17(19)13(2)20-16-11-7-9-14-8-5-6-10-15(14)16/h7,9,11,13H,3-6,8,10,12H2,1-2H3,(H,18,19)/t13-/m1/s1. The lowest BCUT2D eigenvalue weighted by Crippen LogP contribution is -2.37. The van der Waals surface area contributed by atoms with Gasteiger partial charge in [0.15, 0.2) is 6.10 Å². The van der Waals surface area contributed by atoms with Crippen molar-refractivity contribution in [1.29, 1.82) is 0 Å². The largest absolute Gasteiger partial charge is 0.481 e. The summed E-state index contributed by atoms with van der Waals surface area (Å²) >= 11 is 0. The number of hydrogen-bond acceptors (Lipinski definition) is 2. The highest BCUT2D eigenvalue weighted by atomic mass is 16.5. The number of amides is 1. The molecule has 0 spiro atoms. The van der Waals surface area contributed by atoms with Gasteiger partial charge < -0.3 is 10.1 Å². The summed E-state index contributed by atoms with van der Waals surface area (Å²) in [5.74, 6) is 0.868.